The number of likely N-dealkylation sites (N-methyl/N-ethyl adjacent to an activating group) is 1. The number of carboxylic acid groups (broad SMARTS) is 1. The standard InChI is InChI=1S/C19H25N5O3/c1-4-23(11-17(25)26)16-9-14(10-16)20-19(27)18-13(3)24(22-21-18)15-7-5-6-12(2)8-15/h5-8,14,16H,4,9-11H2,1-3H3,(H,20,27)(H,25,26). The number of carbonyl (C=O) groups is 2. The molecule has 0 aliphatic heterocycles. The van der Waals surface area contributed by atoms with Crippen molar-refractivity contribution in [3.8, 4) is 5.69 Å². The summed E-state index contributed by atoms with van der Waals surface area (Å²) >= 11 is 0. The van der Waals surface area contributed by atoms with Gasteiger partial charge in [0.25, 0.3) is 5.91 Å². The number of rotatable bonds is 7. The monoisotopic (exact) mass is 371 g/mol. The first-order valence-corrected chi connectivity index (χ1v) is 9.15. The van der Waals surface area contributed by atoms with Crippen molar-refractivity contribution in [3.05, 3.63) is 41.2 Å². The van der Waals surface area contributed by atoms with E-state index in [0.29, 0.717) is 17.9 Å². The van der Waals surface area contributed by atoms with Crippen molar-refractivity contribution in [1.29, 1.82) is 0 Å². The molecule has 1 heterocycles. The molecule has 1 fully saturated rings. The van der Waals surface area contributed by atoms with Crippen molar-refractivity contribution in [2.45, 2.75) is 45.7 Å². The van der Waals surface area contributed by atoms with Gasteiger partial charge in [-0.2, -0.15) is 0 Å². The number of aliphatic carboxylic acids is 1. The highest BCUT2D eigenvalue weighted by atomic mass is 16.4. The maximum absolute atomic E-state index is 12.6. The summed E-state index contributed by atoms with van der Waals surface area (Å²) < 4.78 is 1.66. The average molecular weight is 371 g/mol. The summed E-state index contributed by atoms with van der Waals surface area (Å²) in [4.78, 5) is 25.4. The zero-order chi connectivity index (χ0) is 19.6. The summed E-state index contributed by atoms with van der Waals surface area (Å²) in [6.45, 7) is 6.49. The van der Waals surface area contributed by atoms with E-state index in [1.807, 2.05) is 49.9 Å². The van der Waals surface area contributed by atoms with E-state index in [2.05, 4.69) is 15.6 Å². The highest BCUT2D eigenvalue weighted by Crippen LogP contribution is 2.26. The molecule has 144 valence electrons. The largest absolute Gasteiger partial charge is 0.480 e. The Morgan fingerprint density at radius 2 is 2.07 bits per heavy atom. The minimum atomic E-state index is -0.826. The number of hydrogen-bond donors (Lipinski definition) is 2. The molecule has 0 radical (unpaired) electrons. The summed E-state index contributed by atoms with van der Waals surface area (Å²) in [5, 5.41) is 20.1. The molecule has 1 aromatic carbocycles. The van der Waals surface area contributed by atoms with Crippen LogP contribution in [0.1, 0.15) is 41.5 Å². The Kier molecular flexibility index (Phi) is 5.55. The van der Waals surface area contributed by atoms with E-state index in [4.69, 9.17) is 5.11 Å². The summed E-state index contributed by atoms with van der Waals surface area (Å²) in [5.41, 5.74) is 2.98. The molecule has 1 aliphatic carbocycles. The number of carboxylic acids is 1. The van der Waals surface area contributed by atoms with Crippen LogP contribution in [0.25, 0.3) is 5.69 Å². The fourth-order valence-electron chi connectivity index (χ4n) is 3.47. The van der Waals surface area contributed by atoms with E-state index in [-0.39, 0.29) is 24.5 Å². The van der Waals surface area contributed by atoms with Gasteiger partial charge in [0, 0.05) is 12.1 Å². The number of aromatic nitrogens is 3. The number of hydrogen-bond acceptors (Lipinski definition) is 5. The van der Waals surface area contributed by atoms with Gasteiger partial charge in [-0.1, -0.05) is 24.3 Å². The van der Waals surface area contributed by atoms with Crippen LogP contribution in [-0.2, 0) is 4.79 Å². The Hall–Kier alpha value is -2.74. The molecule has 8 nitrogen and oxygen atoms in total. The Morgan fingerprint density at radius 1 is 1.33 bits per heavy atom. The fourth-order valence-corrected chi connectivity index (χ4v) is 3.47. The Labute approximate surface area is 158 Å². The number of nitrogens with one attached hydrogen (secondary N) is 1. The SMILES string of the molecule is CCN(CC(=O)O)C1CC(NC(=O)c2nnn(-c3cccc(C)c3)c2C)C1. The number of nitrogens with zero attached hydrogens (tertiary/aromatic N) is 4. The lowest BCUT2D eigenvalue weighted by Crippen LogP contribution is -2.54. The zero-order valence-corrected chi connectivity index (χ0v) is 15.8. The lowest BCUT2D eigenvalue weighted by atomic mass is 9.85. The molecular formula is C19H25N5O3. The Balaban J connectivity index is 1.61. The molecule has 0 saturated heterocycles. The summed E-state index contributed by atoms with van der Waals surface area (Å²) in [7, 11) is 0. The van der Waals surface area contributed by atoms with Crippen LogP contribution in [-0.4, -0.2) is 62.0 Å². The summed E-state index contributed by atoms with van der Waals surface area (Å²) in [6, 6.07) is 8.09. The van der Waals surface area contributed by atoms with E-state index < -0.39 is 5.97 Å². The van der Waals surface area contributed by atoms with Crippen LogP contribution < -0.4 is 5.32 Å². The van der Waals surface area contributed by atoms with E-state index >= 15 is 0 Å². The van der Waals surface area contributed by atoms with Crippen LogP contribution in [0.4, 0.5) is 0 Å². The van der Waals surface area contributed by atoms with Crippen LogP contribution in [0.2, 0.25) is 0 Å². The molecule has 0 bridgehead atoms. The molecule has 3 rings (SSSR count). The maximum Gasteiger partial charge on any atom is 0.317 e. The molecule has 1 amide bonds. The predicted molar refractivity (Wildman–Crippen MR) is 100.0 cm³/mol. The third-order valence-corrected chi connectivity index (χ3v) is 5.07. The molecule has 1 aliphatic rings. The van der Waals surface area contributed by atoms with Crippen molar-refractivity contribution in [2.75, 3.05) is 13.1 Å². The van der Waals surface area contributed by atoms with Gasteiger partial charge in [-0.3, -0.25) is 14.5 Å². The highest BCUT2D eigenvalue weighted by molar-refractivity contribution is 5.93. The lowest BCUT2D eigenvalue weighted by Gasteiger charge is -2.42. The van der Waals surface area contributed by atoms with Gasteiger partial charge in [-0.15, -0.1) is 5.10 Å². The van der Waals surface area contributed by atoms with Crippen LogP contribution in [0.5, 0.6) is 0 Å². The van der Waals surface area contributed by atoms with Crippen molar-refractivity contribution in [2.24, 2.45) is 0 Å². The van der Waals surface area contributed by atoms with Crippen LogP contribution in [0.3, 0.4) is 0 Å². The highest BCUT2D eigenvalue weighted by Gasteiger charge is 2.35. The number of aryl methyl sites for hydroxylation is 1. The van der Waals surface area contributed by atoms with Crippen molar-refractivity contribution < 1.29 is 14.7 Å². The minimum absolute atomic E-state index is 0.0335. The number of amides is 1. The first-order valence-electron chi connectivity index (χ1n) is 9.15. The van der Waals surface area contributed by atoms with E-state index in [0.717, 1.165) is 24.1 Å². The van der Waals surface area contributed by atoms with Gasteiger partial charge in [-0.25, -0.2) is 4.68 Å². The minimum Gasteiger partial charge on any atom is -0.480 e. The molecule has 27 heavy (non-hydrogen) atoms. The molecule has 0 unspecified atom stereocenters. The molecule has 8 heteroatoms. The van der Waals surface area contributed by atoms with E-state index in [1.165, 1.54) is 0 Å². The number of carbonyl (C=O) groups excluding carboxylic acids is 1. The third kappa shape index (κ3) is 4.16. The van der Waals surface area contributed by atoms with Crippen LogP contribution >= 0.6 is 0 Å². The normalized spacial score (nSPS) is 19.0. The molecule has 1 aromatic heterocycles. The summed E-state index contributed by atoms with van der Waals surface area (Å²) in [5.74, 6) is -1.07. The lowest BCUT2D eigenvalue weighted by molar-refractivity contribution is -0.139. The van der Waals surface area contributed by atoms with Crippen molar-refractivity contribution >= 4 is 11.9 Å². The molecule has 0 atom stereocenters. The van der Waals surface area contributed by atoms with Crippen LogP contribution in [0.15, 0.2) is 24.3 Å². The predicted octanol–water partition coefficient (Wildman–Crippen LogP) is 1.55. The zero-order valence-electron chi connectivity index (χ0n) is 15.8. The van der Waals surface area contributed by atoms with E-state index in [1.54, 1.807) is 4.68 Å². The number of benzene rings is 1. The quantitative estimate of drug-likeness (QED) is 0.766. The topological polar surface area (TPSA) is 100 Å². The maximum atomic E-state index is 12.6. The average Bonchev–Trinajstić information content (AvgIpc) is 2.97. The molecule has 2 N–H and O–H groups in total. The first-order chi connectivity index (χ1) is 12.9. The van der Waals surface area contributed by atoms with Gasteiger partial charge >= 0.3 is 5.97 Å². The van der Waals surface area contributed by atoms with E-state index in [9.17, 15) is 9.59 Å². The van der Waals surface area contributed by atoms with Gasteiger partial charge < -0.3 is 10.4 Å². The van der Waals surface area contributed by atoms with Gasteiger partial charge in [0.15, 0.2) is 5.69 Å². The van der Waals surface area contributed by atoms with Gasteiger partial charge in [0.1, 0.15) is 0 Å². The smallest absolute Gasteiger partial charge is 0.317 e. The Morgan fingerprint density at radius 3 is 2.70 bits per heavy atom. The van der Waals surface area contributed by atoms with Gasteiger partial charge in [0.05, 0.1) is 17.9 Å². The van der Waals surface area contributed by atoms with Gasteiger partial charge in [-0.05, 0) is 50.9 Å². The van der Waals surface area contributed by atoms with Crippen molar-refractivity contribution in [3.63, 3.8) is 0 Å². The van der Waals surface area contributed by atoms with Crippen LogP contribution in [0, 0.1) is 13.8 Å². The van der Waals surface area contributed by atoms with Gasteiger partial charge in [0.2, 0.25) is 0 Å². The second-order valence-corrected chi connectivity index (χ2v) is 7.03. The fraction of sp³-hybridized carbons (Fsp3) is 0.474. The second-order valence-electron chi connectivity index (χ2n) is 7.03. The second kappa shape index (κ2) is 7.87. The third-order valence-electron chi connectivity index (χ3n) is 5.07. The summed E-state index contributed by atoms with van der Waals surface area (Å²) in [6.07, 6.45) is 1.50. The molecule has 0 spiro atoms. The molecular weight excluding hydrogens is 346 g/mol. The molecule has 1 saturated carbocycles. The van der Waals surface area contributed by atoms with Crippen molar-refractivity contribution in [1.82, 2.24) is 25.2 Å². The Bertz CT molecular complexity index is 842. The first kappa shape index (κ1) is 19.0. The molecule has 2 aromatic rings.